The molecule has 1 aromatic rings. The van der Waals surface area contributed by atoms with Crippen LogP contribution in [0.2, 0.25) is 5.02 Å². The van der Waals surface area contributed by atoms with E-state index < -0.39 is 0 Å². The van der Waals surface area contributed by atoms with Crippen LogP contribution in [0.1, 0.15) is 6.92 Å². The molecule has 0 spiro atoms. The number of rotatable bonds is 3. The van der Waals surface area contributed by atoms with Crippen molar-refractivity contribution in [2.45, 2.75) is 13.0 Å². The van der Waals surface area contributed by atoms with Crippen molar-refractivity contribution in [3.05, 3.63) is 11.2 Å². The van der Waals surface area contributed by atoms with E-state index in [0.29, 0.717) is 17.5 Å². The first-order valence-corrected chi connectivity index (χ1v) is 4.05. The van der Waals surface area contributed by atoms with Crippen LogP contribution in [-0.4, -0.2) is 22.4 Å². The Hall–Kier alpha value is -0.740. The summed E-state index contributed by atoms with van der Waals surface area (Å²) >= 11 is 5.78. The summed E-state index contributed by atoms with van der Waals surface area (Å²) in [4.78, 5) is 0. The molecule has 0 radical (unpaired) electrons. The quantitative estimate of drug-likeness (QED) is 0.766. The molecule has 1 aromatic heterocycles. The molecule has 1 atom stereocenters. The van der Waals surface area contributed by atoms with Gasteiger partial charge in [0.2, 0.25) is 5.88 Å². The third-order valence-electron chi connectivity index (χ3n) is 1.33. The highest BCUT2D eigenvalue weighted by Crippen LogP contribution is 2.22. The zero-order chi connectivity index (χ0) is 9.14. The molecule has 1 rings (SSSR count). The monoisotopic (exact) mass is 189 g/mol. The van der Waals surface area contributed by atoms with Gasteiger partial charge in [0.15, 0.2) is 0 Å². The maximum atomic E-state index is 5.78. The Labute approximate surface area is 76.3 Å². The van der Waals surface area contributed by atoms with Crippen LogP contribution >= 0.6 is 11.6 Å². The first-order chi connectivity index (χ1) is 5.61. The van der Waals surface area contributed by atoms with Crippen LogP contribution in [0.4, 0.5) is 0 Å². The molecule has 0 aliphatic rings. The van der Waals surface area contributed by atoms with Gasteiger partial charge in [-0.05, 0) is 6.92 Å². The number of hydrogen-bond acceptors (Lipinski definition) is 3. The van der Waals surface area contributed by atoms with Crippen LogP contribution in [0.15, 0.2) is 6.20 Å². The van der Waals surface area contributed by atoms with Gasteiger partial charge in [-0.3, -0.25) is 0 Å². The lowest BCUT2D eigenvalue weighted by molar-refractivity contribution is 0.272. The predicted octanol–water partition coefficient (Wildman–Crippen LogP) is 0.799. The SMILES string of the molecule is CC(N)COc1c(Cl)cnn1C. The van der Waals surface area contributed by atoms with Crippen LogP contribution in [0.5, 0.6) is 5.88 Å². The molecule has 0 aromatic carbocycles. The second-order valence-corrected chi connectivity index (χ2v) is 3.12. The van der Waals surface area contributed by atoms with Gasteiger partial charge in [-0.1, -0.05) is 11.6 Å². The van der Waals surface area contributed by atoms with Crippen LogP contribution < -0.4 is 10.5 Å². The fraction of sp³-hybridized carbons (Fsp3) is 0.571. The highest BCUT2D eigenvalue weighted by atomic mass is 35.5. The van der Waals surface area contributed by atoms with Crippen molar-refractivity contribution < 1.29 is 4.74 Å². The van der Waals surface area contributed by atoms with Crippen molar-refractivity contribution in [3.63, 3.8) is 0 Å². The van der Waals surface area contributed by atoms with Crippen molar-refractivity contribution in [2.75, 3.05) is 6.61 Å². The van der Waals surface area contributed by atoms with Crippen molar-refractivity contribution in [1.82, 2.24) is 9.78 Å². The number of aromatic nitrogens is 2. The third-order valence-corrected chi connectivity index (χ3v) is 1.58. The third kappa shape index (κ3) is 2.12. The van der Waals surface area contributed by atoms with Crippen LogP contribution in [0.3, 0.4) is 0 Å². The number of nitrogens with two attached hydrogens (primary N) is 1. The molecule has 5 heteroatoms. The van der Waals surface area contributed by atoms with Gasteiger partial charge in [0.1, 0.15) is 11.6 Å². The molecule has 0 saturated carbocycles. The number of ether oxygens (including phenoxy) is 1. The average molecular weight is 190 g/mol. The Morgan fingerprint density at radius 2 is 2.50 bits per heavy atom. The number of nitrogens with zero attached hydrogens (tertiary/aromatic N) is 2. The molecule has 12 heavy (non-hydrogen) atoms. The molecule has 1 unspecified atom stereocenters. The van der Waals surface area contributed by atoms with Crippen molar-refractivity contribution >= 4 is 11.6 Å². The van der Waals surface area contributed by atoms with E-state index in [-0.39, 0.29) is 6.04 Å². The van der Waals surface area contributed by atoms with E-state index in [1.165, 1.54) is 6.20 Å². The predicted molar refractivity (Wildman–Crippen MR) is 47.4 cm³/mol. The minimum Gasteiger partial charge on any atom is -0.475 e. The van der Waals surface area contributed by atoms with Crippen LogP contribution in [0, 0.1) is 0 Å². The Kier molecular flexibility index (Phi) is 2.94. The Bertz CT molecular complexity index is 240. The van der Waals surface area contributed by atoms with Crippen molar-refractivity contribution in [1.29, 1.82) is 0 Å². The van der Waals surface area contributed by atoms with Gasteiger partial charge in [-0.15, -0.1) is 0 Å². The van der Waals surface area contributed by atoms with Crippen LogP contribution in [0.25, 0.3) is 0 Å². The molecule has 0 saturated heterocycles. The molecule has 0 bridgehead atoms. The summed E-state index contributed by atoms with van der Waals surface area (Å²) in [5.74, 6) is 0.564. The Morgan fingerprint density at radius 1 is 1.83 bits per heavy atom. The Morgan fingerprint density at radius 3 is 2.92 bits per heavy atom. The van der Waals surface area contributed by atoms with Gasteiger partial charge >= 0.3 is 0 Å². The number of halogens is 1. The molecule has 1 heterocycles. The molecule has 2 N–H and O–H groups in total. The smallest absolute Gasteiger partial charge is 0.230 e. The lowest BCUT2D eigenvalue weighted by atomic mass is 10.4. The topological polar surface area (TPSA) is 53.1 Å². The first-order valence-electron chi connectivity index (χ1n) is 3.67. The first kappa shape index (κ1) is 9.35. The summed E-state index contributed by atoms with van der Waals surface area (Å²) in [5, 5.41) is 4.43. The van der Waals surface area contributed by atoms with Gasteiger partial charge in [-0.2, -0.15) is 5.10 Å². The summed E-state index contributed by atoms with van der Waals surface area (Å²) in [5.41, 5.74) is 5.51. The second kappa shape index (κ2) is 3.78. The highest BCUT2D eigenvalue weighted by molar-refractivity contribution is 6.31. The van der Waals surface area contributed by atoms with E-state index >= 15 is 0 Å². The summed E-state index contributed by atoms with van der Waals surface area (Å²) in [7, 11) is 1.77. The summed E-state index contributed by atoms with van der Waals surface area (Å²) in [6, 6.07) is -0.00373. The molecule has 0 fully saturated rings. The molecule has 0 amide bonds. The van der Waals surface area contributed by atoms with E-state index in [4.69, 9.17) is 22.1 Å². The van der Waals surface area contributed by atoms with Gasteiger partial charge in [0.05, 0.1) is 6.20 Å². The zero-order valence-electron chi connectivity index (χ0n) is 7.12. The van der Waals surface area contributed by atoms with E-state index in [9.17, 15) is 0 Å². The highest BCUT2D eigenvalue weighted by Gasteiger charge is 2.07. The van der Waals surface area contributed by atoms with E-state index in [0.717, 1.165) is 0 Å². The molecule has 0 aliphatic carbocycles. The molecule has 0 aliphatic heterocycles. The number of hydrogen-bond donors (Lipinski definition) is 1. The minimum absolute atomic E-state index is 0.00373. The second-order valence-electron chi connectivity index (χ2n) is 2.71. The summed E-state index contributed by atoms with van der Waals surface area (Å²) in [6.07, 6.45) is 1.54. The summed E-state index contributed by atoms with van der Waals surface area (Å²) in [6.45, 7) is 2.31. The largest absolute Gasteiger partial charge is 0.475 e. The van der Waals surface area contributed by atoms with Crippen LogP contribution in [-0.2, 0) is 7.05 Å². The van der Waals surface area contributed by atoms with E-state index in [2.05, 4.69) is 5.10 Å². The van der Waals surface area contributed by atoms with Crippen molar-refractivity contribution in [3.8, 4) is 5.88 Å². The maximum Gasteiger partial charge on any atom is 0.230 e. The van der Waals surface area contributed by atoms with Gasteiger partial charge in [0.25, 0.3) is 0 Å². The lowest BCUT2D eigenvalue weighted by Crippen LogP contribution is -2.24. The minimum atomic E-state index is -0.00373. The lowest BCUT2D eigenvalue weighted by Gasteiger charge is -2.08. The van der Waals surface area contributed by atoms with Gasteiger partial charge < -0.3 is 10.5 Å². The maximum absolute atomic E-state index is 5.78. The van der Waals surface area contributed by atoms with Gasteiger partial charge in [0, 0.05) is 13.1 Å². The number of aryl methyl sites for hydroxylation is 1. The zero-order valence-corrected chi connectivity index (χ0v) is 7.88. The molecular formula is C7H12ClN3O. The molecular weight excluding hydrogens is 178 g/mol. The average Bonchev–Trinajstić information content (AvgIpc) is 2.28. The van der Waals surface area contributed by atoms with E-state index in [1.807, 2.05) is 6.92 Å². The fourth-order valence-electron chi connectivity index (χ4n) is 0.772. The van der Waals surface area contributed by atoms with Crippen molar-refractivity contribution in [2.24, 2.45) is 12.8 Å². The Balaban J connectivity index is 2.62. The molecule has 68 valence electrons. The fourth-order valence-corrected chi connectivity index (χ4v) is 0.993. The van der Waals surface area contributed by atoms with E-state index in [1.54, 1.807) is 11.7 Å². The standard InChI is InChI=1S/C7H12ClN3O/c1-5(9)4-12-7-6(8)3-10-11(7)2/h3,5H,4,9H2,1-2H3. The normalized spacial score (nSPS) is 13.0. The van der Waals surface area contributed by atoms with Gasteiger partial charge in [-0.25, -0.2) is 4.68 Å². The molecule has 4 nitrogen and oxygen atoms in total. The summed E-state index contributed by atoms with van der Waals surface area (Å²) < 4.78 is 6.89.